The summed E-state index contributed by atoms with van der Waals surface area (Å²) in [7, 11) is 4.26. The third kappa shape index (κ3) is 5.15. The molecule has 1 aromatic carbocycles. The summed E-state index contributed by atoms with van der Waals surface area (Å²) in [6.45, 7) is 2.09. The molecule has 0 fully saturated rings. The zero-order chi connectivity index (χ0) is 18.1. The molecule has 1 aromatic rings. The van der Waals surface area contributed by atoms with Gasteiger partial charge in [0.15, 0.2) is 0 Å². The predicted molar refractivity (Wildman–Crippen MR) is 90.0 cm³/mol. The van der Waals surface area contributed by atoms with Crippen LogP contribution in [0, 0.1) is 0 Å². The van der Waals surface area contributed by atoms with Crippen molar-refractivity contribution in [3.8, 4) is 11.5 Å². The van der Waals surface area contributed by atoms with E-state index < -0.39 is 11.9 Å². The van der Waals surface area contributed by atoms with Crippen molar-refractivity contribution in [1.82, 2.24) is 0 Å². The van der Waals surface area contributed by atoms with Gasteiger partial charge in [-0.15, -0.1) is 0 Å². The number of esters is 1. The van der Waals surface area contributed by atoms with Gasteiger partial charge in [-0.05, 0) is 24.0 Å². The number of carboxylic acids is 1. The second-order valence-corrected chi connectivity index (χ2v) is 5.58. The molecule has 0 aliphatic carbocycles. The Morgan fingerprint density at radius 2 is 1.75 bits per heavy atom. The Kier molecular flexibility index (Phi) is 8.09. The minimum Gasteiger partial charge on any atom is -0.496 e. The summed E-state index contributed by atoms with van der Waals surface area (Å²) in [6, 6.07) is 3.24. The van der Waals surface area contributed by atoms with Crippen molar-refractivity contribution >= 4 is 11.9 Å². The monoisotopic (exact) mass is 338 g/mol. The fourth-order valence-electron chi connectivity index (χ4n) is 2.73. The zero-order valence-corrected chi connectivity index (χ0v) is 14.8. The highest BCUT2D eigenvalue weighted by Crippen LogP contribution is 2.38. The number of carbonyl (C=O) groups is 2. The Hall–Kier alpha value is -2.24. The zero-order valence-electron chi connectivity index (χ0n) is 14.8. The number of benzene rings is 1. The van der Waals surface area contributed by atoms with E-state index >= 15 is 0 Å². The number of carboxylic acid groups (broad SMARTS) is 1. The van der Waals surface area contributed by atoms with Crippen LogP contribution in [0.5, 0.6) is 11.5 Å². The largest absolute Gasteiger partial charge is 0.496 e. The van der Waals surface area contributed by atoms with Crippen molar-refractivity contribution in [2.45, 2.75) is 44.9 Å². The van der Waals surface area contributed by atoms with E-state index in [1.165, 1.54) is 21.3 Å². The predicted octanol–water partition coefficient (Wildman–Crippen LogP) is 3.63. The van der Waals surface area contributed by atoms with Crippen LogP contribution < -0.4 is 9.47 Å². The molecule has 0 bridgehead atoms. The van der Waals surface area contributed by atoms with Gasteiger partial charge in [0.25, 0.3) is 0 Å². The summed E-state index contributed by atoms with van der Waals surface area (Å²) in [5.41, 5.74) is 0.957. The maximum Gasteiger partial charge on any atom is 0.341 e. The first-order chi connectivity index (χ1) is 11.5. The smallest absolute Gasteiger partial charge is 0.341 e. The van der Waals surface area contributed by atoms with Crippen LogP contribution in [0.1, 0.15) is 60.9 Å². The van der Waals surface area contributed by atoms with Gasteiger partial charge in [-0.3, -0.25) is 4.79 Å². The molecule has 0 spiro atoms. The molecule has 1 atom stereocenters. The molecule has 1 unspecified atom stereocenters. The van der Waals surface area contributed by atoms with E-state index in [2.05, 4.69) is 6.92 Å². The average molecular weight is 338 g/mol. The molecule has 134 valence electrons. The molecule has 0 radical (unpaired) electrons. The molecule has 0 saturated heterocycles. The van der Waals surface area contributed by atoms with Gasteiger partial charge in [0, 0.05) is 6.07 Å². The normalized spacial score (nSPS) is 11.7. The third-order valence-corrected chi connectivity index (χ3v) is 3.97. The molecular weight excluding hydrogens is 312 g/mol. The molecular formula is C18H26O6. The van der Waals surface area contributed by atoms with Crippen LogP contribution in [0.15, 0.2) is 12.1 Å². The van der Waals surface area contributed by atoms with E-state index in [0.29, 0.717) is 23.5 Å². The fourth-order valence-corrected chi connectivity index (χ4v) is 2.73. The highest BCUT2D eigenvalue weighted by Gasteiger charge is 2.24. The van der Waals surface area contributed by atoms with Gasteiger partial charge < -0.3 is 19.3 Å². The molecule has 0 aliphatic rings. The Bertz CT molecular complexity index is 567. The lowest BCUT2D eigenvalue weighted by molar-refractivity contribution is -0.137. The number of ether oxygens (including phenoxy) is 3. The lowest BCUT2D eigenvalue weighted by atomic mass is 9.88. The van der Waals surface area contributed by atoms with Crippen LogP contribution in [-0.2, 0) is 9.53 Å². The molecule has 1 N–H and O–H groups in total. The molecule has 24 heavy (non-hydrogen) atoms. The summed E-state index contributed by atoms with van der Waals surface area (Å²) in [4.78, 5) is 23.2. The van der Waals surface area contributed by atoms with Crippen LogP contribution in [0.3, 0.4) is 0 Å². The average Bonchev–Trinajstić information content (AvgIpc) is 2.58. The van der Waals surface area contributed by atoms with Crippen molar-refractivity contribution < 1.29 is 28.9 Å². The lowest BCUT2D eigenvalue weighted by Crippen LogP contribution is -2.11. The first-order valence-corrected chi connectivity index (χ1v) is 8.04. The van der Waals surface area contributed by atoms with Crippen LogP contribution in [0.4, 0.5) is 0 Å². The summed E-state index contributed by atoms with van der Waals surface area (Å²) in [6.07, 6.45) is 3.68. The number of unbranched alkanes of at least 4 members (excludes halogenated alkanes) is 2. The fraction of sp³-hybridized carbons (Fsp3) is 0.556. The van der Waals surface area contributed by atoms with Gasteiger partial charge >= 0.3 is 11.9 Å². The Labute approximate surface area is 142 Å². The Balaban J connectivity index is 3.32. The van der Waals surface area contributed by atoms with E-state index in [9.17, 15) is 14.7 Å². The van der Waals surface area contributed by atoms with Gasteiger partial charge in [0.1, 0.15) is 17.1 Å². The van der Waals surface area contributed by atoms with E-state index in [-0.39, 0.29) is 17.9 Å². The quantitative estimate of drug-likeness (QED) is 0.518. The van der Waals surface area contributed by atoms with Gasteiger partial charge in [-0.1, -0.05) is 26.2 Å². The summed E-state index contributed by atoms with van der Waals surface area (Å²) < 4.78 is 15.4. The van der Waals surface area contributed by atoms with Gasteiger partial charge in [0.2, 0.25) is 0 Å². The van der Waals surface area contributed by atoms with Gasteiger partial charge in [-0.2, -0.15) is 0 Å². The number of methoxy groups -OCH3 is 3. The molecule has 1 rings (SSSR count). The number of carbonyl (C=O) groups excluding carboxylic acids is 1. The second kappa shape index (κ2) is 9.80. The van der Waals surface area contributed by atoms with Crippen molar-refractivity contribution in [2.75, 3.05) is 21.3 Å². The highest BCUT2D eigenvalue weighted by molar-refractivity contribution is 5.93. The van der Waals surface area contributed by atoms with Gasteiger partial charge in [0.05, 0.1) is 27.8 Å². The van der Waals surface area contributed by atoms with E-state index in [0.717, 1.165) is 19.3 Å². The van der Waals surface area contributed by atoms with Gasteiger partial charge in [-0.25, -0.2) is 4.79 Å². The topological polar surface area (TPSA) is 82.1 Å². The van der Waals surface area contributed by atoms with Crippen molar-refractivity contribution in [3.63, 3.8) is 0 Å². The summed E-state index contributed by atoms with van der Waals surface area (Å²) in [5, 5.41) is 9.23. The van der Waals surface area contributed by atoms with E-state index in [4.69, 9.17) is 14.2 Å². The molecule has 0 saturated carbocycles. The maximum absolute atomic E-state index is 12.0. The molecule has 0 aliphatic heterocycles. The van der Waals surface area contributed by atoms with Crippen molar-refractivity contribution in [2.24, 2.45) is 0 Å². The number of hydrogen-bond donors (Lipinski definition) is 1. The van der Waals surface area contributed by atoms with Crippen LogP contribution in [0.25, 0.3) is 0 Å². The first-order valence-electron chi connectivity index (χ1n) is 8.04. The molecule has 6 nitrogen and oxygen atoms in total. The summed E-state index contributed by atoms with van der Waals surface area (Å²) >= 11 is 0. The Morgan fingerprint density at radius 3 is 2.25 bits per heavy atom. The van der Waals surface area contributed by atoms with E-state index in [1.807, 2.05) is 0 Å². The second-order valence-electron chi connectivity index (χ2n) is 5.58. The molecule has 0 aromatic heterocycles. The van der Waals surface area contributed by atoms with E-state index in [1.54, 1.807) is 12.1 Å². The van der Waals surface area contributed by atoms with Crippen molar-refractivity contribution in [3.05, 3.63) is 23.3 Å². The lowest BCUT2D eigenvalue weighted by Gasteiger charge is -2.20. The Morgan fingerprint density at radius 1 is 1.08 bits per heavy atom. The summed E-state index contributed by atoms with van der Waals surface area (Å²) in [5.74, 6) is -0.793. The van der Waals surface area contributed by atoms with Crippen molar-refractivity contribution in [1.29, 1.82) is 0 Å². The minimum atomic E-state index is -0.881. The first kappa shape index (κ1) is 19.8. The highest BCUT2D eigenvalue weighted by atomic mass is 16.5. The molecule has 6 heteroatoms. The standard InChI is InChI=1S/C18H26O6/c1-5-6-7-8-12(9-17(19)20)13-10-14(18(21)24-4)16(23-3)11-15(13)22-2/h10-12H,5-9H2,1-4H3,(H,19,20). The SMILES string of the molecule is CCCCCC(CC(=O)O)c1cc(C(=O)OC)c(OC)cc1OC. The third-order valence-electron chi connectivity index (χ3n) is 3.97. The molecule has 0 heterocycles. The number of rotatable bonds is 10. The number of hydrogen-bond acceptors (Lipinski definition) is 5. The maximum atomic E-state index is 12.0. The minimum absolute atomic E-state index is 0.0208. The van der Waals surface area contributed by atoms with Crippen LogP contribution in [-0.4, -0.2) is 38.4 Å². The van der Waals surface area contributed by atoms with Crippen LogP contribution in [0.2, 0.25) is 0 Å². The van der Waals surface area contributed by atoms with Crippen LogP contribution >= 0.6 is 0 Å². The number of aliphatic carboxylic acids is 1. The molecule has 0 amide bonds.